The summed E-state index contributed by atoms with van der Waals surface area (Å²) in [7, 11) is -3.58. The summed E-state index contributed by atoms with van der Waals surface area (Å²) in [4.78, 5) is 12.6. The van der Waals surface area contributed by atoms with Gasteiger partial charge >= 0.3 is 0 Å². The molecule has 2 aromatic carbocycles. The average molecular weight is 407 g/mol. The number of anilines is 1. The summed E-state index contributed by atoms with van der Waals surface area (Å²) >= 11 is 1.73. The summed E-state index contributed by atoms with van der Waals surface area (Å²) in [5.74, 6) is 1.38. The monoisotopic (exact) mass is 406 g/mol. The number of benzene rings is 2. The molecule has 1 atom stereocenters. The fourth-order valence-corrected chi connectivity index (χ4v) is 4.79. The Kier molecular flexibility index (Phi) is 8.19. The van der Waals surface area contributed by atoms with Gasteiger partial charge in [-0.3, -0.25) is 9.10 Å². The zero-order chi connectivity index (χ0) is 19.7. The first-order valence-electron chi connectivity index (χ1n) is 8.87. The van der Waals surface area contributed by atoms with E-state index in [-0.39, 0.29) is 5.91 Å². The minimum atomic E-state index is -3.58. The SMILES string of the molecule is CCC(C(=O)NCCSCc1ccccc1)N(c1ccccc1)S(C)(=O)=O. The van der Waals surface area contributed by atoms with Crippen LogP contribution in [0, 0.1) is 0 Å². The molecule has 146 valence electrons. The number of para-hydroxylation sites is 1. The van der Waals surface area contributed by atoms with Gasteiger partial charge in [-0.05, 0) is 24.1 Å². The van der Waals surface area contributed by atoms with Crippen LogP contribution < -0.4 is 9.62 Å². The standard InChI is InChI=1S/C20H26N2O3S2/c1-3-19(22(27(2,24)25)18-12-8-5-9-13-18)20(23)21-14-15-26-16-17-10-6-4-7-11-17/h4-13,19H,3,14-16H2,1-2H3,(H,21,23). The Morgan fingerprint density at radius 3 is 2.22 bits per heavy atom. The third-order valence-corrected chi connectivity index (χ3v) is 6.21. The maximum Gasteiger partial charge on any atom is 0.243 e. The predicted molar refractivity (Wildman–Crippen MR) is 113 cm³/mol. The largest absolute Gasteiger partial charge is 0.353 e. The van der Waals surface area contributed by atoms with Crippen molar-refractivity contribution in [1.29, 1.82) is 0 Å². The van der Waals surface area contributed by atoms with E-state index in [2.05, 4.69) is 17.4 Å². The van der Waals surface area contributed by atoms with Gasteiger partial charge in [0.1, 0.15) is 6.04 Å². The van der Waals surface area contributed by atoms with Crippen LogP contribution >= 0.6 is 11.8 Å². The molecule has 2 rings (SSSR count). The molecule has 0 aromatic heterocycles. The Bertz CT molecular complexity index is 812. The first-order chi connectivity index (χ1) is 12.9. The maximum absolute atomic E-state index is 12.6. The fraction of sp³-hybridized carbons (Fsp3) is 0.350. The lowest BCUT2D eigenvalue weighted by Gasteiger charge is -2.30. The molecule has 27 heavy (non-hydrogen) atoms. The van der Waals surface area contributed by atoms with Crippen molar-refractivity contribution in [2.75, 3.05) is 22.9 Å². The summed E-state index contributed by atoms with van der Waals surface area (Å²) in [6.07, 6.45) is 1.52. The number of carbonyl (C=O) groups is 1. The molecule has 1 unspecified atom stereocenters. The van der Waals surface area contributed by atoms with Crippen molar-refractivity contribution < 1.29 is 13.2 Å². The van der Waals surface area contributed by atoms with Gasteiger partial charge in [0, 0.05) is 18.1 Å². The van der Waals surface area contributed by atoms with Gasteiger partial charge in [-0.25, -0.2) is 8.42 Å². The smallest absolute Gasteiger partial charge is 0.243 e. The van der Waals surface area contributed by atoms with Gasteiger partial charge in [0.15, 0.2) is 0 Å². The van der Waals surface area contributed by atoms with Gasteiger partial charge in [-0.2, -0.15) is 11.8 Å². The van der Waals surface area contributed by atoms with Crippen LogP contribution in [0.1, 0.15) is 18.9 Å². The molecule has 0 saturated carbocycles. The Labute approximate surface area is 166 Å². The highest BCUT2D eigenvalue weighted by Gasteiger charge is 2.31. The lowest BCUT2D eigenvalue weighted by atomic mass is 10.2. The number of sulfonamides is 1. The van der Waals surface area contributed by atoms with E-state index in [0.29, 0.717) is 18.7 Å². The molecule has 1 N–H and O–H groups in total. The molecule has 0 aliphatic heterocycles. The summed E-state index contributed by atoms with van der Waals surface area (Å²) < 4.78 is 25.8. The van der Waals surface area contributed by atoms with E-state index in [1.165, 1.54) is 9.87 Å². The molecule has 0 fully saturated rings. The van der Waals surface area contributed by atoms with Crippen LogP contribution in [0.3, 0.4) is 0 Å². The van der Waals surface area contributed by atoms with Gasteiger partial charge in [0.05, 0.1) is 11.9 Å². The number of rotatable bonds is 10. The first-order valence-corrected chi connectivity index (χ1v) is 11.9. The van der Waals surface area contributed by atoms with Crippen molar-refractivity contribution in [2.24, 2.45) is 0 Å². The third-order valence-electron chi connectivity index (χ3n) is 4.00. The van der Waals surface area contributed by atoms with Crippen molar-refractivity contribution in [1.82, 2.24) is 5.32 Å². The number of hydrogen-bond donors (Lipinski definition) is 1. The molecule has 0 spiro atoms. The molecule has 0 heterocycles. The minimum absolute atomic E-state index is 0.271. The molecule has 1 amide bonds. The number of hydrogen-bond acceptors (Lipinski definition) is 4. The molecule has 7 heteroatoms. The zero-order valence-electron chi connectivity index (χ0n) is 15.7. The molecule has 2 aromatic rings. The molecule has 0 bridgehead atoms. The molecule has 0 aliphatic carbocycles. The minimum Gasteiger partial charge on any atom is -0.353 e. The lowest BCUT2D eigenvalue weighted by molar-refractivity contribution is -0.122. The van der Waals surface area contributed by atoms with Crippen LogP contribution in [-0.4, -0.2) is 38.9 Å². The van der Waals surface area contributed by atoms with Gasteiger partial charge in [0.25, 0.3) is 0 Å². The van der Waals surface area contributed by atoms with Crippen molar-refractivity contribution >= 4 is 33.4 Å². The highest BCUT2D eigenvalue weighted by atomic mass is 32.2. The molecular weight excluding hydrogens is 380 g/mol. The van der Waals surface area contributed by atoms with E-state index in [1.54, 1.807) is 36.0 Å². The molecule has 5 nitrogen and oxygen atoms in total. The maximum atomic E-state index is 12.6. The van der Waals surface area contributed by atoms with Crippen LogP contribution in [0.2, 0.25) is 0 Å². The highest BCUT2D eigenvalue weighted by molar-refractivity contribution is 7.98. The van der Waals surface area contributed by atoms with Crippen molar-refractivity contribution in [3.63, 3.8) is 0 Å². The first kappa shape index (κ1) is 21.3. The highest BCUT2D eigenvalue weighted by Crippen LogP contribution is 2.22. The second kappa shape index (κ2) is 10.4. The number of nitrogens with one attached hydrogen (secondary N) is 1. The average Bonchev–Trinajstić information content (AvgIpc) is 2.66. The van der Waals surface area contributed by atoms with E-state index >= 15 is 0 Å². The Morgan fingerprint density at radius 2 is 1.67 bits per heavy atom. The second-order valence-corrected chi connectivity index (χ2v) is 9.11. The molecular formula is C20H26N2O3S2. The Morgan fingerprint density at radius 1 is 1.07 bits per heavy atom. The van der Waals surface area contributed by atoms with Crippen molar-refractivity contribution in [2.45, 2.75) is 25.1 Å². The van der Waals surface area contributed by atoms with Gasteiger partial charge in [0.2, 0.25) is 15.9 Å². The van der Waals surface area contributed by atoms with E-state index in [9.17, 15) is 13.2 Å². The van der Waals surface area contributed by atoms with Gasteiger partial charge in [-0.1, -0.05) is 55.5 Å². The Balaban J connectivity index is 1.93. The number of thioether (sulfide) groups is 1. The van der Waals surface area contributed by atoms with Crippen LogP contribution in [0.25, 0.3) is 0 Å². The van der Waals surface area contributed by atoms with Gasteiger partial charge in [-0.15, -0.1) is 0 Å². The number of amides is 1. The van der Waals surface area contributed by atoms with Crippen molar-refractivity contribution in [3.8, 4) is 0 Å². The van der Waals surface area contributed by atoms with Gasteiger partial charge < -0.3 is 5.32 Å². The summed E-state index contributed by atoms with van der Waals surface area (Å²) in [6.45, 7) is 2.31. The Hall–Kier alpha value is -1.99. The fourth-order valence-electron chi connectivity index (χ4n) is 2.76. The van der Waals surface area contributed by atoms with E-state index in [0.717, 1.165) is 17.8 Å². The summed E-state index contributed by atoms with van der Waals surface area (Å²) in [5, 5.41) is 2.88. The topological polar surface area (TPSA) is 66.5 Å². The van der Waals surface area contributed by atoms with Crippen LogP contribution in [-0.2, 0) is 20.6 Å². The van der Waals surface area contributed by atoms with Crippen LogP contribution in [0.5, 0.6) is 0 Å². The normalized spacial score (nSPS) is 12.4. The third kappa shape index (κ3) is 6.59. The van der Waals surface area contributed by atoms with Crippen LogP contribution in [0.4, 0.5) is 5.69 Å². The molecule has 0 saturated heterocycles. The quantitative estimate of drug-likeness (QED) is 0.615. The van der Waals surface area contributed by atoms with Crippen LogP contribution in [0.15, 0.2) is 60.7 Å². The summed E-state index contributed by atoms with van der Waals surface area (Å²) in [6, 6.07) is 18.1. The molecule has 0 aliphatic rings. The number of nitrogens with zero attached hydrogens (tertiary/aromatic N) is 1. The summed E-state index contributed by atoms with van der Waals surface area (Å²) in [5.41, 5.74) is 1.74. The number of carbonyl (C=O) groups excluding carboxylic acids is 1. The van der Waals surface area contributed by atoms with E-state index < -0.39 is 16.1 Å². The van der Waals surface area contributed by atoms with E-state index in [4.69, 9.17) is 0 Å². The van der Waals surface area contributed by atoms with Crippen molar-refractivity contribution in [3.05, 3.63) is 66.2 Å². The van der Waals surface area contributed by atoms with E-state index in [1.807, 2.05) is 31.2 Å². The molecule has 0 radical (unpaired) electrons. The predicted octanol–water partition coefficient (Wildman–Crippen LogP) is 3.28. The lowest BCUT2D eigenvalue weighted by Crippen LogP contribution is -2.49. The zero-order valence-corrected chi connectivity index (χ0v) is 17.3. The second-order valence-electron chi connectivity index (χ2n) is 6.15.